The van der Waals surface area contributed by atoms with E-state index in [1.54, 1.807) is 6.07 Å². The molecule has 0 saturated carbocycles. The van der Waals surface area contributed by atoms with Gasteiger partial charge in [0.2, 0.25) is 0 Å². The molecule has 0 atom stereocenters. The topological polar surface area (TPSA) is 70.7 Å². The molecule has 0 unspecified atom stereocenters. The molecule has 0 spiro atoms. The van der Waals surface area contributed by atoms with Crippen LogP contribution < -0.4 is 10.6 Å². The van der Waals surface area contributed by atoms with Gasteiger partial charge in [0.25, 0.3) is 0 Å². The molecule has 120 valence electrons. The Kier molecular flexibility index (Phi) is 6.29. The average molecular weight is 374 g/mol. The molecular formula is C14H17BrFN3O3. The summed E-state index contributed by atoms with van der Waals surface area (Å²) >= 11 is 3.12. The molecule has 2 N–H and O–H groups in total. The normalized spacial score (nSPS) is 15.4. The molecule has 1 aromatic rings. The van der Waals surface area contributed by atoms with Crippen LogP contribution in [-0.4, -0.2) is 56.1 Å². The highest BCUT2D eigenvalue weighted by Gasteiger charge is 2.16. The molecule has 2 amide bonds. The van der Waals surface area contributed by atoms with Crippen molar-refractivity contribution < 1.29 is 18.7 Å². The predicted octanol–water partition coefficient (Wildman–Crippen LogP) is 0.975. The number of rotatable bonds is 4. The number of anilines is 1. The molecule has 2 rings (SSSR count). The Morgan fingerprint density at radius 3 is 2.68 bits per heavy atom. The first-order chi connectivity index (χ1) is 10.6. The Hall–Kier alpha value is -1.51. The van der Waals surface area contributed by atoms with Crippen LogP contribution in [0.15, 0.2) is 22.7 Å². The maximum atomic E-state index is 13.6. The molecule has 1 aliphatic heterocycles. The number of carbonyl (C=O) groups excluding carboxylic acids is 2. The summed E-state index contributed by atoms with van der Waals surface area (Å²) in [7, 11) is 0. The standard InChI is InChI=1S/C14H17BrFN3O3/c15-10-1-2-12(11(16)9-10)18-14(21)13(20)17-3-4-19-5-7-22-8-6-19/h1-2,9H,3-8H2,(H,17,20)(H,18,21). The summed E-state index contributed by atoms with van der Waals surface area (Å²) < 4.78 is 19.3. The van der Waals surface area contributed by atoms with E-state index in [0.29, 0.717) is 30.8 Å². The van der Waals surface area contributed by atoms with Crippen molar-refractivity contribution in [3.63, 3.8) is 0 Å². The van der Waals surface area contributed by atoms with Crippen LogP contribution in [0.25, 0.3) is 0 Å². The Bertz CT molecular complexity index is 550. The van der Waals surface area contributed by atoms with Gasteiger partial charge in [0.05, 0.1) is 18.9 Å². The van der Waals surface area contributed by atoms with Crippen molar-refractivity contribution in [3.8, 4) is 0 Å². The minimum Gasteiger partial charge on any atom is -0.379 e. The fourth-order valence-electron chi connectivity index (χ4n) is 2.00. The summed E-state index contributed by atoms with van der Waals surface area (Å²) in [6.45, 7) is 3.98. The van der Waals surface area contributed by atoms with Crippen LogP contribution >= 0.6 is 15.9 Å². The highest BCUT2D eigenvalue weighted by atomic mass is 79.9. The third-order valence-electron chi connectivity index (χ3n) is 3.20. The van der Waals surface area contributed by atoms with Gasteiger partial charge in [-0.1, -0.05) is 15.9 Å². The number of nitrogens with one attached hydrogen (secondary N) is 2. The van der Waals surface area contributed by atoms with E-state index in [1.807, 2.05) is 0 Å². The molecule has 1 saturated heterocycles. The number of hydrogen-bond donors (Lipinski definition) is 2. The third kappa shape index (κ3) is 5.04. The maximum absolute atomic E-state index is 13.6. The van der Waals surface area contributed by atoms with Crippen molar-refractivity contribution >= 4 is 33.4 Å². The van der Waals surface area contributed by atoms with Crippen LogP contribution in [0.1, 0.15) is 0 Å². The van der Waals surface area contributed by atoms with E-state index in [4.69, 9.17) is 4.74 Å². The van der Waals surface area contributed by atoms with E-state index >= 15 is 0 Å². The number of halogens is 2. The summed E-state index contributed by atoms with van der Waals surface area (Å²) in [5.41, 5.74) is -0.0310. The van der Waals surface area contributed by atoms with Crippen LogP contribution in [0.5, 0.6) is 0 Å². The largest absolute Gasteiger partial charge is 0.379 e. The lowest BCUT2D eigenvalue weighted by Crippen LogP contribution is -2.43. The molecule has 0 aliphatic carbocycles. The fraction of sp³-hybridized carbons (Fsp3) is 0.429. The third-order valence-corrected chi connectivity index (χ3v) is 3.70. The number of morpholine rings is 1. The zero-order chi connectivity index (χ0) is 15.9. The van der Waals surface area contributed by atoms with Gasteiger partial charge in [-0.25, -0.2) is 4.39 Å². The Balaban J connectivity index is 1.75. The number of amides is 2. The summed E-state index contributed by atoms with van der Waals surface area (Å²) in [6.07, 6.45) is 0. The second kappa shape index (κ2) is 8.21. The van der Waals surface area contributed by atoms with Gasteiger partial charge in [0, 0.05) is 30.7 Å². The van der Waals surface area contributed by atoms with Gasteiger partial charge in [-0.2, -0.15) is 0 Å². The molecular weight excluding hydrogens is 357 g/mol. The lowest BCUT2D eigenvalue weighted by Gasteiger charge is -2.26. The minimum absolute atomic E-state index is 0.0310. The van der Waals surface area contributed by atoms with Gasteiger partial charge in [0.1, 0.15) is 5.82 Å². The molecule has 1 aliphatic rings. The number of ether oxygens (including phenoxy) is 1. The van der Waals surface area contributed by atoms with E-state index in [9.17, 15) is 14.0 Å². The smallest absolute Gasteiger partial charge is 0.313 e. The Labute approximate surface area is 136 Å². The summed E-state index contributed by atoms with van der Waals surface area (Å²) in [5, 5.41) is 4.76. The van der Waals surface area contributed by atoms with Crippen molar-refractivity contribution in [2.45, 2.75) is 0 Å². The van der Waals surface area contributed by atoms with Gasteiger partial charge < -0.3 is 15.4 Å². The SMILES string of the molecule is O=C(NCCN1CCOCC1)C(=O)Nc1ccc(Br)cc1F. The summed E-state index contributed by atoms with van der Waals surface area (Å²) in [6, 6.07) is 4.18. The van der Waals surface area contributed by atoms with Crippen molar-refractivity contribution in [1.82, 2.24) is 10.2 Å². The molecule has 0 radical (unpaired) electrons. The summed E-state index contributed by atoms with van der Waals surface area (Å²) in [5.74, 6) is -2.28. The van der Waals surface area contributed by atoms with Crippen LogP contribution in [-0.2, 0) is 14.3 Å². The number of benzene rings is 1. The van der Waals surface area contributed by atoms with E-state index in [-0.39, 0.29) is 5.69 Å². The molecule has 0 aromatic heterocycles. The first-order valence-corrected chi connectivity index (χ1v) is 7.70. The van der Waals surface area contributed by atoms with Gasteiger partial charge in [0.15, 0.2) is 0 Å². The number of hydrogen-bond acceptors (Lipinski definition) is 4. The van der Waals surface area contributed by atoms with E-state index in [2.05, 4.69) is 31.5 Å². The van der Waals surface area contributed by atoms with Gasteiger partial charge in [-0.3, -0.25) is 14.5 Å². The molecule has 6 nitrogen and oxygen atoms in total. The molecule has 22 heavy (non-hydrogen) atoms. The lowest BCUT2D eigenvalue weighted by molar-refractivity contribution is -0.136. The number of carbonyl (C=O) groups is 2. The molecule has 8 heteroatoms. The monoisotopic (exact) mass is 373 g/mol. The fourth-order valence-corrected chi connectivity index (χ4v) is 2.34. The van der Waals surface area contributed by atoms with Crippen molar-refractivity contribution in [2.24, 2.45) is 0 Å². The Morgan fingerprint density at radius 2 is 2.00 bits per heavy atom. The molecule has 1 heterocycles. The van der Waals surface area contributed by atoms with Crippen LogP contribution in [0.2, 0.25) is 0 Å². The van der Waals surface area contributed by atoms with Gasteiger partial charge in [-0.15, -0.1) is 0 Å². The van der Waals surface area contributed by atoms with Crippen molar-refractivity contribution in [2.75, 3.05) is 44.7 Å². The molecule has 1 aromatic carbocycles. The average Bonchev–Trinajstić information content (AvgIpc) is 2.51. The molecule has 0 bridgehead atoms. The summed E-state index contributed by atoms with van der Waals surface area (Å²) in [4.78, 5) is 25.5. The van der Waals surface area contributed by atoms with E-state index in [0.717, 1.165) is 13.1 Å². The minimum atomic E-state index is -0.886. The highest BCUT2D eigenvalue weighted by Crippen LogP contribution is 2.19. The van der Waals surface area contributed by atoms with Crippen LogP contribution in [0.3, 0.4) is 0 Å². The van der Waals surface area contributed by atoms with Crippen molar-refractivity contribution in [3.05, 3.63) is 28.5 Å². The second-order valence-corrected chi connectivity index (χ2v) is 5.70. The quantitative estimate of drug-likeness (QED) is 0.771. The second-order valence-electron chi connectivity index (χ2n) is 4.79. The Morgan fingerprint density at radius 1 is 1.27 bits per heavy atom. The van der Waals surface area contributed by atoms with Gasteiger partial charge in [-0.05, 0) is 18.2 Å². The van der Waals surface area contributed by atoms with Gasteiger partial charge >= 0.3 is 11.8 Å². The zero-order valence-electron chi connectivity index (χ0n) is 11.9. The zero-order valence-corrected chi connectivity index (χ0v) is 13.5. The lowest BCUT2D eigenvalue weighted by atomic mass is 10.3. The van der Waals surface area contributed by atoms with Crippen LogP contribution in [0, 0.1) is 5.82 Å². The molecule has 1 fully saturated rings. The first-order valence-electron chi connectivity index (χ1n) is 6.90. The highest BCUT2D eigenvalue weighted by molar-refractivity contribution is 9.10. The first kappa shape index (κ1) is 16.9. The van der Waals surface area contributed by atoms with E-state index < -0.39 is 17.6 Å². The van der Waals surface area contributed by atoms with Crippen molar-refractivity contribution in [1.29, 1.82) is 0 Å². The predicted molar refractivity (Wildman–Crippen MR) is 83.0 cm³/mol. The number of nitrogens with zero attached hydrogens (tertiary/aromatic N) is 1. The van der Waals surface area contributed by atoms with Crippen LogP contribution in [0.4, 0.5) is 10.1 Å². The van der Waals surface area contributed by atoms with E-state index in [1.165, 1.54) is 12.1 Å². The maximum Gasteiger partial charge on any atom is 0.313 e.